The average Bonchev–Trinajstić information content (AvgIpc) is 2.96. The number of carbonyl (C=O) groups excluding carboxylic acids is 1. The van der Waals surface area contributed by atoms with E-state index in [0.717, 1.165) is 23.9 Å². The Labute approximate surface area is 110 Å². The predicted octanol–water partition coefficient (Wildman–Crippen LogP) is 1.80. The Kier molecular flexibility index (Phi) is 2.77. The molecule has 5 nitrogen and oxygen atoms in total. The second-order valence-corrected chi connectivity index (χ2v) is 6.16. The van der Waals surface area contributed by atoms with Crippen LogP contribution in [0.4, 0.5) is 5.13 Å². The van der Waals surface area contributed by atoms with E-state index in [4.69, 9.17) is 4.74 Å². The molecule has 1 saturated heterocycles. The van der Waals surface area contributed by atoms with Crippen LogP contribution in [0.15, 0.2) is 0 Å². The lowest BCUT2D eigenvalue weighted by molar-refractivity contribution is -0.150. The van der Waals surface area contributed by atoms with Gasteiger partial charge in [0, 0.05) is 30.5 Å². The molecule has 2 heterocycles. The average molecular weight is 267 g/mol. The van der Waals surface area contributed by atoms with Gasteiger partial charge in [-0.1, -0.05) is 0 Å². The molecule has 2 aliphatic rings. The van der Waals surface area contributed by atoms with Crippen molar-refractivity contribution in [2.75, 3.05) is 25.1 Å². The van der Waals surface area contributed by atoms with Gasteiger partial charge >= 0.3 is 5.97 Å². The zero-order valence-electron chi connectivity index (χ0n) is 10.7. The van der Waals surface area contributed by atoms with E-state index in [0.29, 0.717) is 12.5 Å². The number of carbonyl (C=O) groups is 1. The molecule has 1 saturated carbocycles. The number of methoxy groups -OCH3 is 1. The molecule has 98 valence electrons. The summed E-state index contributed by atoms with van der Waals surface area (Å²) in [6.07, 6.45) is 3.25. The summed E-state index contributed by atoms with van der Waals surface area (Å²) in [5.74, 6) is 1.45. The molecular formula is C12H17N3O2S. The molecule has 1 aromatic heterocycles. The maximum atomic E-state index is 11.8. The van der Waals surface area contributed by atoms with Gasteiger partial charge < -0.3 is 9.64 Å². The molecule has 0 N–H and O–H groups in total. The third-order valence-corrected chi connectivity index (χ3v) is 4.59. The molecule has 0 bridgehead atoms. The number of hydrogen-bond acceptors (Lipinski definition) is 6. The second-order valence-electron chi connectivity index (χ2n) is 5.43. The topological polar surface area (TPSA) is 55.3 Å². The molecule has 1 aromatic rings. The number of aromatic nitrogens is 2. The Morgan fingerprint density at radius 3 is 3.00 bits per heavy atom. The molecule has 0 radical (unpaired) electrons. The van der Waals surface area contributed by atoms with Crippen LogP contribution in [0.5, 0.6) is 0 Å². The molecule has 2 fully saturated rings. The molecule has 1 atom stereocenters. The van der Waals surface area contributed by atoms with Crippen LogP contribution in [0.25, 0.3) is 0 Å². The van der Waals surface area contributed by atoms with Gasteiger partial charge in [0.1, 0.15) is 5.82 Å². The first-order valence-corrected chi connectivity index (χ1v) is 7.07. The molecule has 0 amide bonds. The van der Waals surface area contributed by atoms with Crippen molar-refractivity contribution < 1.29 is 9.53 Å². The lowest BCUT2D eigenvalue weighted by Gasteiger charge is -2.20. The number of ether oxygens (including phenoxy) is 1. The number of esters is 1. The highest BCUT2D eigenvalue weighted by Crippen LogP contribution is 2.41. The zero-order valence-corrected chi connectivity index (χ0v) is 11.5. The molecule has 1 aliphatic heterocycles. The summed E-state index contributed by atoms with van der Waals surface area (Å²) in [7, 11) is 1.45. The monoisotopic (exact) mass is 267 g/mol. The van der Waals surface area contributed by atoms with E-state index in [1.807, 2.05) is 6.92 Å². The molecule has 1 aliphatic carbocycles. The van der Waals surface area contributed by atoms with Gasteiger partial charge in [-0.15, -0.1) is 0 Å². The van der Waals surface area contributed by atoms with Crippen LogP contribution < -0.4 is 4.90 Å². The van der Waals surface area contributed by atoms with E-state index in [-0.39, 0.29) is 5.97 Å². The summed E-state index contributed by atoms with van der Waals surface area (Å²) in [6, 6.07) is 0. The highest BCUT2D eigenvalue weighted by Gasteiger charge is 2.42. The summed E-state index contributed by atoms with van der Waals surface area (Å²) < 4.78 is 9.28. The van der Waals surface area contributed by atoms with Gasteiger partial charge in [0.15, 0.2) is 0 Å². The van der Waals surface area contributed by atoms with Gasteiger partial charge in [-0.3, -0.25) is 4.79 Å². The van der Waals surface area contributed by atoms with E-state index in [1.54, 1.807) is 0 Å². The molecule has 3 rings (SSSR count). The van der Waals surface area contributed by atoms with Crippen molar-refractivity contribution in [3.8, 4) is 0 Å². The molecular weight excluding hydrogens is 250 g/mol. The minimum atomic E-state index is -0.403. The number of nitrogens with zero attached hydrogens (tertiary/aromatic N) is 3. The normalized spacial score (nSPS) is 27.6. The summed E-state index contributed by atoms with van der Waals surface area (Å²) in [6.45, 7) is 3.49. The fourth-order valence-corrected chi connectivity index (χ4v) is 3.17. The first-order valence-electron chi connectivity index (χ1n) is 6.29. The highest BCUT2D eigenvalue weighted by atomic mass is 32.1. The number of rotatable bonds is 3. The quantitative estimate of drug-likeness (QED) is 0.782. The van der Waals surface area contributed by atoms with E-state index < -0.39 is 5.41 Å². The molecule has 0 aromatic carbocycles. The Bertz CT molecular complexity index is 472. The van der Waals surface area contributed by atoms with Crippen LogP contribution in [0.2, 0.25) is 0 Å². The minimum absolute atomic E-state index is 0.128. The van der Waals surface area contributed by atoms with E-state index in [1.165, 1.54) is 31.5 Å². The molecule has 18 heavy (non-hydrogen) atoms. The van der Waals surface area contributed by atoms with E-state index in [9.17, 15) is 4.79 Å². The molecule has 0 spiro atoms. The largest absolute Gasteiger partial charge is 0.469 e. The van der Waals surface area contributed by atoms with Gasteiger partial charge in [0.25, 0.3) is 0 Å². The van der Waals surface area contributed by atoms with Gasteiger partial charge in [0.05, 0.1) is 12.5 Å². The van der Waals surface area contributed by atoms with Crippen LogP contribution in [-0.2, 0) is 9.53 Å². The van der Waals surface area contributed by atoms with Crippen molar-refractivity contribution in [3.63, 3.8) is 0 Å². The van der Waals surface area contributed by atoms with Crippen LogP contribution in [0.1, 0.15) is 37.9 Å². The Balaban J connectivity index is 1.72. The van der Waals surface area contributed by atoms with Gasteiger partial charge in [-0.05, 0) is 26.2 Å². The van der Waals surface area contributed by atoms with Crippen molar-refractivity contribution in [2.45, 2.75) is 32.1 Å². The van der Waals surface area contributed by atoms with E-state index >= 15 is 0 Å². The third kappa shape index (κ3) is 1.98. The third-order valence-electron chi connectivity index (χ3n) is 3.80. The lowest BCUT2D eigenvalue weighted by Crippen LogP contribution is -2.32. The second kappa shape index (κ2) is 4.19. The first kappa shape index (κ1) is 11.9. The fraction of sp³-hybridized carbons (Fsp3) is 0.750. The van der Waals surface area contributed by atoms with Crippen molar-refractivity contribution >= 4 is 22.6 Å². The Morgan fingerprint density at radius 2 is 2.33 bits per heavy atom. The molecule has 6 heteroatoms. The lowest BCUT2D eigenvalue weighted by atomic mass is 9.90. The van der Waals surface area contributed by atoms with Gasteiger partial charge in [-0.2, -0.15) is 4.37 Å². The summed E-state index contributed by atoms with van der Waals surface area (Å²) in [5, 5.41) is 0.949. The standard InChI is InChI=1S/C12H17N3O2S/c1-12(10(16)17-2)5-6-15(7-12)11-13-9(14-18-11)8-3-4-8/h8H,3-7H2,1-2H3. The summed E-state index contributed by atoms with van der Waals surface area (Å²) in [4.78, 5) is 18.5. The van der Waals surface area contributed by atoms with Crippen LogP contribution in [0, 0.1) is 5.41 Å². The number of hydrogen-bond donors (Lipinski definition) is 0. The summed E-state index contributed by atoms with van der Waals surface area (Å²) in [5.41, 5.74) is -0.403. The number of anilines is 1. The van der Waals surface area contributed by atoms with Gasteiger partial charge in [0.2, 0.25) is 5.13 Å². The highest BCUT2D eigenvalue weighted by molar-refractivity contribution is 7.09. The van der Waals surface area contributed by atoms with Crippen molar-refractivity contribution in [1.29, 1.82) is 0 Å². The first-order chi connectivity index (χ1) is 8.62. The van der Waals surface area contributed by atoms with Crippen molar-refractivity contribution in [3.05, 3.63) is 5.82 Å². The summed E-state index contributed by atoms with van der Waals surface area (Å²) >= 11 is 1.45. The Hall–Kier alpha value is -1.17. The van der Waals surface area contributed by atoms with Crippen molar-refractivity contribution in [2.24, 2.45) is 5.41 Å². The van der Waals surface area contributed by atoms with Crippen LogP contribution in [-0.4, -0.2) is 35.5 Å². The fourth-order valence-electron chi connectivity index (χ4n) is 2.40. The Morgan fingerprint density at radius 1 is 1.56 bits per heavy atom. The van der Waals surface area contributed by atoms with Crippen molar-refractivity contribution in [1.82, 2.24) is 9.36 Å². The molecule has 1 unspecified atom stereocenters. The zero-order chi connectivity index (χ0) is 12.8. The predicted molar refractivity (Wildman–Crippen MR) is 68.8 cm³/mol. The maximum absolute atomic E-state index is 11.8. The SMILES string of the molecule is COC(=O)C1(C)CCN(c2nc(C3CC3)ns2)C1. The van der Waals surface area contributed by atoms with Crippen LogP contribution >= 0.6 is 11.5 Å². The van der Waals surface area contributed by atoms with Crippen LogP contribution in [0.3, 0.4) is 0 Å². The van der Waals surface area contributed by atoms with Gasteiger partial charge in [-0.25, -0.2) is 4.98 Å². The minimum Gasteiger partial charge on any atom is -0.469 e. The maximum Gasteiger partial charge on any atom is 0.313 e. The van der Waals surface area contributed by atoms with E-state index in [2.05, 4.69) is 14.3 Å². The smallest absolute Gasteiger partial charge is 0.313 e.